The van der Waals surface area contributed by atoms with Gasteiger partial charge in [0.25, 0.3) is 0 Å². The number of rotatable bonds is 2. The maximum absolute atomic E-state index is 5.85. The van der Waals surface area contributed by atoms with E-state index < -0.39 is 0 Å². The van der Waals surface area contributed by atoms with Gasteiger partial charge >= 0.3 is 0 Å². The third-order valence-corrected chi connectivity index (χ3v) is 1.95. The number of hydrogen-bond donors (Lipinski definition) is 1. The molecule has 0 atom stereocenters. The fraction of sp³-hybridized carbons (Fsp3) is 0.200. The van der Waals surface area contributed by atoms with Gasteiger partial charge in [-0.2, -0.15) is 0 Å². The van der Waals surface area contributed by atoms with Crippen LogP contribution in [-0.4, -0.2) is 7.05 Å². The van der Waals surface area contributed by atoms with Crippen LogP contribution in [0.2, 0.25) is 5.02 Å². The van der Waals surface area contributed by atoms with Crippen LogP contribution in [0.1, 0.15) is 12.5 Å². The average molecular weight is 182 g/mol. The molecule has 64 valence electrons. The highest BCUT2D eigenvalue weighted by atomic mass is 35.5. The smallest absolute Gasteiger partial charge is 0.0414 e. The van der Waals surface area contributed by atoms with Gasteiger partial charge in [-0.1, -0.05) is 18.2 Å². The lowest BCUT2D eigenvalue weighted by atomic mass is 10.1. The molecule has 12 heavy (non-hydrogen) atoms. The van der Waals surface area contributed by atoms with E-state index in [4.69, 9.17) is 11.6 Å². The Bertz CT molecular complexity index is 305. The lowest BCUT2D eigenvalue weighted by Gasteiger charge is -2.08. The Labute approximate surface area is 78.1 Å². The van der Waals surface area contributed by atoms with E-state index in [1.165, 1.54) is 0 Å². The zero-order valence-corrected chi connectivity index (χ0v) is 8.07. The lowest BCUT2D eigenvalue weighted by Crippen LogP contribution is -1.92. The second-order valence-electron chi connectivity index (χ2n) is 2.72. The Morgan fingerprint density at radius 3 is 2.67 bits per heavy atom. The normalized spacial score (nSPS) is 9.58. The number of nitrogens with one attached hydrogen (secondary N) is 1. The molecule has 0 unspecified atom stereocenters. The highest BCUT2D eigenvalue weighted by molar-refractivity contribution is 6.30. The van der Waals surface area contributed by atoms with Gasteiger partial charge in [-0.3, -0.25) is 0 Å². The Kier molecular flexibility index (Phi) is 2.77. The van der Waals surface area contributed by atoms with Crippen molar-refractivity contribution in [2.24, 2.45) is 0 Å². The third kappa shape index (κ3) is 1.80. The summed E-state index contributed by atoms with van der Waals surface area (Å²) in [5.41, 5.74) is 3.15. The number of halogens is 1. The number of benzene rings is 1. The molecule has 0 aliphatic rings. The van der Waals surface area contributed by atoms with Crippen LogP contribution in [0.4, 0.5) is 5.69 Å². The molecule has 0 heterocycles. The van der Waals surface area contributed by atoms with Gasteiger partial charge in [0.2, 0.25) is 0 Å². The second-order valence-corrected chi connectivity index (χ2v) is 3.16. The second kappa shape index (κ2) is 3.63. The van der Waals surface area contributed by atoms with Gasteiger partial charge in [-0.25, -0.2) is 0 Å². The molecule has 1 rings (SSSR count). The van der Waals surface area contributed by atoms with E-state index >= 15 is 0 Å². The first-order valence-electron chi connectivity index (χ1n) is 3.78. The first-order chi connectivity index (χ1) is 5.65. The van der Waals surface area contributed by atoms with Crippen LogP contribution in [0.3, 0.4) is 0 Å². The van der Waals surface area contributed by atoms with Crippen molar-refractivity contribution in [2.45, 2.75) is 6.92 Å². The van der Waals surface area contributed by atoms with E-state index in [0.717, 1.165) is 21.8 Å². The summed E-state index contributed by atoms with van der Waals surface area (Å²) in [5, 5.41) is 3.83. The van der Waals surface area contributed by atoms with Gasteiger partial charge in [-0.05, 0) is 30.7 Å². The molecule has 0 saturated carbocycles. The van der Waals surface area contributed by atoms with Crippen molar-refractivity contribution >= 4 is 22.9 Å². The Morgan fingerprint density at radius 2 is 2.17 bits per heavy atom. The molecule has 1 aromatic carbocycles. The maximum Gasteiger partial charge on any atom is 0.0414 e. The van der Waals surface area contributed by atoms with Crippen molar-refractivity contribution in [2.75, 3.05) is 12.4 Å². The summed E-state index contributed by atoms with van der Waals surface area (Å²) in [6.45, 7) is 5.84. The van der Waals surface area contributed by atoms with Crippen LogP contribution >= 0.6 is 11.6 Å². The van der Waals surface area contributed by atoms with E-state index in [1.807, 2.05) is 32.2 Å². The van der Waals surface area contributed by atoms with E-state index in [0.29, 0.717) is 0 Å². The number of anilines is 1. The SMILES string of the molecule is C=C(C)c1cc(Cl)ccc1NC. The van der Waals surface area contributed by atoms with Gasteiger partial charge in [0.15, 0.2) is 0 Å². The predicted molar refractivity (Wildman–Crippen MR) is 55.7 cm³/mol. The van der Waals surface area contributed by atoms with Crippen molar-refractivity contribution in [3.05, 3.63) is 35.4 Å². The molecule has 1 nitrogen and oxygen atoms in total. The first-order valence-corrected chi connectivity index (χ1v) is 4.16. The van der Waals surface area contributed by atoms with Crippen LogP contribution in [0.25, 0.3) is 5.57 Å². The fourth-order valence-corrected chi connectivity index (χ4v) is 1.26. The van der Waals surface area contributed by atoms with Gasteiger partial charge in [0.1, 0.15) is 0 Å². The van der Waals surface area contributed by atoms with Crippen molar-refractivity contribution in [1.29, 1.82) is 0 Å². The van der Waals surface area contributed by atoms with E-state index in [9.17, 15) is 0 Å². The van der Waals surface area contributed by atoms with Gasteiger partial charge in [0.05, 0.1) is 0 Å². The molecule has 0 aliphatic carbocycles. The maximum atomic E-state index is 5.85. The standard InChI is InChI=1S/C10H12ClN/c1-7(2)9-6-8(11)4-5-10(9)12-3/h4-6,12H,1H2,2-3H3. The zero-order chi connectivity index (χ0) is 9.14. The van der Waals surface area contributed by atoms with Gasteiger partial charge in [0, 0.05) is 23.3 Å². The highest BCUT2D eigenvalue weighted by Gasteiger charge is 2.01. The van der Waals surface area contributed by atoms with Crippen molar-refractivity contribution in [1.82, 2.24) is 0 Å². The highest BCUT2D eigenvalue weighted by Crippen LogP contribution is 2.25. The summed E-state index contributed by atoms with van der Waals surface area (Å²) >= 11 is 5.85. The van der Waals surface area contributed by atoms with E-state index in [2.05, 4.69) is 11.9 Å². The largest absolute Gasteiger partial charge is 0.388 e. The molecule has 2 heteroatoms. The summed E-state index contributed by atoms with van der Waals surface area (Å²) in [5.74, 6) is 0. The molecule has 1 aromatic rings. The zero-order valence-electron chi connectivity index (χ0n) is 7.32. The summed E-state index contributed by atoms with van der Waals surface area (Å²) in [6.07, 6.45) is 0. The minimum absolute atomic E-state index is 0.743. The molecule has 0 aromatic heterocycles. The summed E-state index contributed by atoms with van der Waals surface area (Å²) < 4.78 is 0. The molecular formula is C10H12ClN. The van der Waals surface area contributed by atoms with E-state index in [-0.39, 0.29) is 0 Å². The average Bonchev–Trinajstić information content (AvgIpc) is 2.04. The van der Waals surface area contributed by atoms with Crippen LogP contribution in [-0.2, 0) is 0 Å². The van der Waals surface area contributed by atoms with Crippen LogP contribution in [0, 0.1) is 0 Å². The van der Waals surface area contributed by atoms with Gasteiger partial charge in [-0.15, -0.1) is 0 Å². The molecule has 0 amide bonds. The van der Waals surface area contributed by atoms with Crippen LogP contribution < -0.4 is 5.32 Å². The summed E-state index contributed by atoms with van der Waals surface area (Å²) in [4.78, 5) is 0. The number of hydrogen-bond acceptors (Lipinski definition) is 1. The Morgan fingerprint density at radius 1 is 1.50 bits per heavy atom. The predicted octanol–water partition coefficient (Wildman–Crippen LogP) is 3.41. The molecule has 0 aliphatic heterocycles. The quantitative estimate of drug-likeness (QED) is 0.738. The van der Waals surface area contributed by atoms with Crippen molar-refractivity contribution in [3.63, 3.8) is 0 Å². The molecule has 0 spiro atoms. The number of allylic oxidation sites excluding steroid dienone is 1. The van der Waals surface area contributed by atoms with E-state index in [1.54, 1.807) is 0 Å². The molecule has 0 bridgehead atoms. The first kappa shape index (κ1) is 9.14. The summed E-state index contributed by atoms with van der Waals surface area (Å²) in [7, 11) is 1.88. The van der Waals surface area contributed by atoms with Crippen LogP contribution in [0.5, 0.6) is 0 Å². The Hall–Kier alpha value is -0.950. The minimum atomic E-state index is 0.743. The monoisotopic (exact) mass is 181 g/mol. The van der Waals surface area contributed by atoms with Crippen molar-refractivity contribution < 1.29 is 0 Å². The third-order valence-electron chi connectivity index (χ3n) is 1.71. The topological polar surface area (TPSA) is 12.0 Å². The Balaban J connectivity index is 3.21. The molecule has 0 radical (unpaired) electrons. The van der Waals surface area contributed by atoms with Crippen LogP contribution in [0.15, 0.2) is 24.8 Å². The van der Waals surface area contributed by atoms with Gasteiger partial charge < -0.3 is 5.32 Å². The van der Waals surface area contributed by atoms with Crippen molar-refractivity contribution in [3.8, 4) is 0 Å². The summed E-state index contributed by atoms with van der Waals surface area (Å²) in [6, 6.07) is 5.72. The lowest BCUT2D eigenvalue weighted by molar-refractivity contribution is 1.47. The molecular weight excluding hydrogens is 170 g/mol. The minimum Gasteiger partial charge on any atom is -0.388 e. The molecule has 1 N–H and O–H groups in total. The molecule has 0 fully saturated rings. The fourth-order valence-electron chi connectivity index (χ4n) is 1.09. The molecule has 0 saturated heterocycles.